The minimum absolute atomic E-state index is 0.162. The molecule has 0 fully saturated rings. The molecule has 0 aliphatic carbocycles. The zero-order valence-corrected chi connectivity index (χ0v) is 15.9. The van der Waals surface area contributed by atoms with Crippen molar-refractivity contribution < 1.29 is 8.42 Å². The molecule has 0 aliphatic rings. The summed E-state index contributed by atoms with van der Waals surface area (Å²) in [5, 5.41) is 9.83. The van der Waals surface area contributed by atoms with Gasteiger partial charge in [0.1, 0.15) is 10.7 Å². The number of anilines is 3. The fourth-order valence-electron chi connectivity index (χ4n) is 2.87. The fraction of sp³-hybridized carbons (Fsp3) is 0.222. The van der Waals surface area contributed by atoms with Crippen molar-refractivity contribution in [1.82, 2.24) is 15.2 Å². The van der Waals surface area contributed by atoms with Gasteiger partial charge in [0, 0.05) is 5.69 Å². The van der Waals surface area contributed by atoms with Crippen molar-refractivity contribution in [2.45, 2.75) is 32.6 Å². The lowest BCUT2D eigenvalue weighted by molar-refractivity contribution is 0.600. The predicted octanol–water partition coefficient (Wildman–Crippen LogP) is 3.58. The Bertz CT molecular complexity index is 1000. The number of rotatable bonds is 5. The summed E-state index contributed by atoms with van der Waals surface area (Å²) in [6, 6.07) is 9.53. The molecule has 0 aliphatic heterocycles. The van der Waals surface area contributed by atoms with Crippen LogP contribution in [0.25, 0.3) is 0 Å². The summed E-state index contributed by atoms with van der Waals surface area (Å²) in [6.45, 7) is 7.38. The van der Waals surface area contributed by atoms with Crippen LogP contribution in [0.4, 0.5) is 17.2 Å². The average Bonchev–Trinajstić information content (AvgIpc) is 2.87. The van der Waals surface area contributed by atoms with E-state index in [1.165, 1.54) is 6.20 Å². The number of nitrogens with one attached hydrogen (secondary N) is 3. The Hall–Kier alpha value is -2.87. The van der Waals surface area contributed by atoms with Crippen molar-refractivity contribution in [2.75, 3.05) is 10.0 Å². The molecule has 3 aromatic rings. The Labute approximate surface area is 152 Å². The smallest absolute Gasteiger partial charge is 0.265 e. The number of sulfonamides is 1. The lowest BCUT2D eigenvalue weighted by atomic mass is 10.1. The second-order valence-electron chi connectivity index (χ2n) is 6.30. The van der Waals surface area contributed by atoms with E-state index in [2.05, 4.69) is 31.3 Å². The normalized spacial score (nSPS) is 11.4. The molecule has 0 bridgehead atoms. The zero-order chi connectivity index (χ0) is 18.9. The number of aryl methyl sites for hydroxylation is 4. The lowest BCUT2D eigenvalue weighted by Crippen LogP contribution is -2.14. The number of nitrogens with zero attached hydrogens (tertiary/aromatic N) is 2. The number of hydrogen-bond donors (Lipinski definition) is 3. The van der Waals surface area contributed by atoms with Gasteiger partial charge in [-0.25, -0.2) is 13.4 Å². The standard InChI is InChI=1S/C18H21N5O2S/c1-11-7-12(2)9-16(8-11)20-17-6-5-15(10-19-17)23-26(24,25)18-13(3)21-22-14(18)4/h5-10,23H,1-4H3,(H,19,20)(H,21,22). The highest BCUT2D eigenvalue weighted by atomic mass is 32.2. The number of aromatic nitrogens is 3. The first-order chi connectivity index (χ1) is 12.2. The molecule has 3 N–H and O–H groups in total. The van der Waals surface area contributed by atoms with E-state index in [0.29, 0.717) is 22.9 Å². The van der Waals surface area contributed by atoms with Gasteiger partial charge in [0.05, 0.1) is 23.3 Å². The van der Waals surface area contributed by atoms with E-state index in [-0.39, 0.29) is 4.90 Å². The lowest BCUT2D eigenvalue weighted by Gasteiger charge is -2.10. The maximum absolute atomic E-state index is 12.5. The van der Waals surface area contributed by atoms with E-state index >= 15 is 0 Å². The third kappa shape index (κ3) is 3.85. The SMILES string of the molecule is Cc1cc(C)cc(Nc2ccc(NS(=O)(=O)c3c(C)n[nH]c3C)cn2)c1. The summed E-state index contributed by atoms with van der Waals surface area (Å²) < 4.78 is 27.6. The molecule has 0 saturated heterocycles. The van der Waals surface area contributed by atoms with E-state index in [0.717, 1.165) is 16.8 Å². The molecule has 3 rings (SSSR count). The van der Waals surface area contributed by atoms with Crippen molar-refractivity contribution >= 4 is 27.2 Å². The van der Waals surface area contributed by atoms with E-state index in [4.69, 9.17) is 0 Å². The molecule has 136 valence electrons. The van der Waals surface area contributed by atoms with Gasteiger partial charge in [-0.3, -0.25) is 9.82 Å². The van der Waals surface area contributed by atoms with Gasteiger partial charge in [0.15, 0.2) is 0 Å². The second-order valence-corrected chi connectivity index (χ2v) is 7.92. The fourth-order valence-corrected chi connectivity index (χ4v) is 4.28. The largest absolute Gasteiger partial charge is 0.340 e. The number of hydrogen-bond acceptors (Lipinski definition) is 5. The molecule has 0 atom stereocenters. The van der Waals surface area contributed by atoms with Crippen LogP contribution in [0.3, 0.4) is 0 Å². The van der Waals surface area contributed by atoms with Crippen LogP contribution in [-0.4, -0.2) is 23.6 Å². The van der Waals surface area contributed by atoms with Gasteiger partial charge in [0.2, 0.25) is 0 Å². The van der Waals surface area contributed by atoms with Crippen molar-refractivity contribution in [3.8, 4) is 0 Å². The maximum atomic E-state index is 12.5. The summed E-state index contributed by atoms with van der Waals surface area (Å²) in [5.74, 6) is 0.633. The molecule has 2 heterocycles. The first kappa shape index (κ1) is 17.9. The van der Waals surface area contributed by atoms with Gasteiger partial charge in [0.25, 0.3) is 10.0 Å². The maximum Gasteiger partial charge on any atom is 0.265 e. The first-order valence-electron chi connectivity index (χ1n) is 8.10. The van der Waals surface area contributed by atoms with Gasteiger partial charge >= 0.3 is 0 Å². The van der Waals surface area contributed by atoms with Crippen LogP contribution in [0.5, 0.6) is 0 Å². The Morgan fingerprint density at radius 1 is 0.962 bits per heavy atom. The number of pyridine rings is 1. The molecular weight excluding hydrogens is 350 g/mol. The highest BCUT2D eigenvalue weighted by molar-refractivity contribution is 7.92. The molecule has 0 amide bonds. The molecule has 0 radical (unpaired) electrons. The van der Waals surface area contributed by atoms with Gasteiger partial charge < -0.3 is 5.32 Å². The Morgan fingerprint density at radius 3 is 2.19 bits per heavy atom. The zero-order valence-electron chi connectivity index (χ0n) is 15.1. The van der Waals surface area contributed by atoms with Crippen molar-refractivity contribution in [3.05, 3.63) is 59.0 Å². The molecule has 2 aromatic heterocycles. The summed E-state index contributed by atoms with van der Waals surface area (Å²) in [4.78, 5) is 4.44. The van der Waals surface area contributed by atoms with Crippen LogP contribution in [0.15, 0.2) is 41.4 Å². The molecule has 26 heavy (non-hydrogen) atoms. The minimum atomic E-state index is -3.72. The monoisotopic (exact) mass is 371 g/mol. The summed E-state index contributed by atoms with van der Waals surface area (Å²) in [6.07, 6.45) is 1.48. The van der Waals surface area contributed by atoms with Crippen LogP contribution in [0.2, 0.25) is 0 Å². The molecule has 1 aromatic carbocycles. The van der Waals surface area contributed by atoms with Gasteiger partial charge in [-0.05, 0) is 63.1 Å². The second kappa shape index (κ2) is 6.80. The Balaban J connectivity index is 1.77. The topological polar surface area (TPSA) is 99.8 Å². The van der Waals surface area contributed by atoms with Crippen molar-refractivity contribution in [1.29, 1.82) is 0 Å². The number of H-pyrrole nitrogens is 1. The Kier molecular flexibility index (Phi) is 4.69. The molecule has 7 nitrogen and oxygen atoms in total. The van der Waals surface area contributed by atoms with E-state index in [1.807, 2.05) is 26.0 Å². The van der Waals surface area contributed by atoms with Crippen molar-refractivity contribution in [3.63, 3.8) is 0 Å². The average molecular weight is 371 g/mol. The van der Waals surface area contributed by atoms with E-state index < -0.39 is 10.0 Å². The highest BCUT2D eigenvalue weighted by Crippen LogP contribution is 2.22. The third-order valence-electron chi connectivity index (χ3n) is 3.84. The van der Waals surface area contributed by atoms with Crippen molar-refractivity contribution in [2.24, 2.45) is 0 Å². The molecular formula is C18H21N5O2S. The van der Waals surface area contributed by atoms with Crippen LogP contribution < -0.4 is 10.0 Å². The van der Waals surface area contributed by atoms with Gasteiger partial charge in [-0.15, -0.1) is 0 Å². The minimum Gasteiger partial charge on any atom is -0.340 e. The van der Waals surface area contributed by atoms with Crippen LogP contribution in [-0.2, 0) is 10.0 Å². The Morgan fingerprint density at radius 2 is 1.65 bits per heavy atom. The predicted molar refractivity (Wildman–Crippen MR) is 102 cm³/mol. The van der Waals surface area contributed by atoms with Crippen LogP contribution >= 0.6 is 0 Å². The van der Waals surface area contributed by atoms with Crippen LogP contribution in [0.1, 0.15) is 22.5 Å². The van der Waals surface area contributed by atoms with Gasteiger partial charge in [-0.2, -0.15) is 5.10 Å². The summed E-state index contributed by atoms with van der Waals surface area (Å²) >= 11 is 0. The molecule has 0 spiro atoms. The van der Waals surface area contributed by atoms with E-state index in [1.54, 1.807) is 26.0 Å². The molecule has 8 heteroatoms. The van der Waals surface area contributed by atoms with E-state index in [9.17, 15) is 8.42 Å². The van der Waals surface area contributed by atoms with Crippen LogP contribution in [0, 0.1) is 27.7 Å². The summed E-state index contributed by atoms with van der Waals surface area (Å²) in [5.41, 5.74) is 4.56. The third-order valence-corrected chi connectivity index (χ3v) is 5.48. The summed E-state index contributed by atoms with van der Waals surface area (Å²) in [7, 11) is -3.72. The number of benzene rings is 1. The molecule has 0 saturated carbocycles. The first-order valence-corrected chi connectivity index (χ1v) is 9.59. The van der Waals surface area contributed by atoms with Gasteiger partial charge in [-0.1, -0.05) is 6.07 Å². The molecule has 0 unspecified atom stereocenters. The highest BCUT2D eigenvalue weighted by Gasteiger charge is 2.22. The quantitative estimate of drug-likeness (QED) is 0.636. The number of aromatic amines is 1.